The van der Waals surface area contributed by atoms with Gasteiger partial charge in [0.05, 0.1) is 12.5 Å². The van der Waals surface area contributed by atoms with E-state index in [2.05, 4.69) is 51.1 Å². The first-order chi connectivity index (χ1) is 14.3. The summed E-state index contributed by atoms with van der Waals surface area (Å²) < 4.78 is 5.26. The highest BCUT2D eigenvalue weighted by Gasteiger charge is 2.59. The average molecular weight is 427 g/mol. The molecular formula is C26H34O3S. The first kappa shape index (κ1) is 21.7. The van der Waals surface area contributed by atoms with E-state index in [1.807, 2.05) is 6.07 Å². The number of hydrogen-bond donors (Lipinski definition) is 0. The molecule has 162 valence electrons. The van der Waals surface area contributed by atoms with Crippen LogP contribution in [0.1, 0.15) is 59.3 Å². The second kappa shape index (κ2) is 7.85. The number of rotatable bonds is 4. The summed E-state index contributed by atoms with van der Waals surface area (Å²) in [5.74, 6) is 0.687. The number of carbonyl (C=O) groups excluding carboxylic acids is 2. The van der Waals surface area contributed by atoms with E-state index in [1.165, 1.54) is 23.9 Å². The number of benzene rings is 1. The van der Waals surface area contributed by atoms with E-state index in [0.29, 0.717) is 11.8 Å². The van der Waals surface area contributed by atoms with Gasteiger partial charge in [-0.1, -0.05) is 50.1 Å². The average Bonchev–Trinajstić information content (AvgIpc) is 2.74. The Bertz CT molecular complexity index is 849. The Kier molecular flexibility index (Phi) is 5.67. The van der Waals surface area contributed by atoms with E-state index in [-0.39, 0.29) is 22.0 Å². The molecule has 0 aliphatic heterocycles. The molecule has 1 aromatic carbocycles. The number of allylic oxidation sites excluding steroid dienone is 1. The minimum Gasteiger partial charge on any atom is -0.469 e. The van der Waals surface area contributed by atoms with Crippen LogP contribution in [0, 0.1) is 28.1 Å². The van der Waals surface area contributed by atoms with Crippen molar-refractivity contribution in [1.82, 2.24) is 0 Å². The summed E-state index contributed by atoms with van der Waals surface area (Å²) in [6, 6.07) is 10.4. The van der Waals surface area contributed by atoms with E-state index in [4.69, 9.17) is 4.74 Å². The number of fused-ring (bicyclic) bond motifs is 3. The predicted octanol–water partition coefficient (Wildman–Crippen LogP) is 6.08. The molecule has 3 aliphatic carbocycles. The number of ether oxygens (including phenoxy) is 1. The number of aldehydes is 1. The Hall–Kier alpha value is -1.55. The van der Waals surface area contributed by atoms with E-state index < -0.39 is 5.41 Å². The second-order valence-electron chi connectivity index (χ2n) is 10.3. The zero-order valence-corrected chi connectivity index (χ0v) is 19.5. The third-order valence-corrected chi connectivity index (χ3v) is 9.90. The maximum Gasteiger partial charge on any atom is 0.311 e. The van der Waals surface area contributed by atoms with Gasteiger partial charge in [-0.05, 0) is 68.4 Å². The van der Waals surface area contributed by atoms with Crippen molar-refractivity contribution < 1.29 is 14.3 Å². The fourth-order valence-electron chi connectivity index (χ4n) is 6.79. The van der Waals surface area contributed by atoms with E-state index in [1.54, 1.807) is 11.8 Å². The van der Waals surface area contributed by atoms with Gasteiger partial charge in [0.2, 0.25) is 0 Å². The summed E-state index contributed by atoms with van der Waals surface area (Å²) in [6.45, 7) is 6.63. The van der Waals surface area contributed by atoms with Gasteiger partial charge in [0, 0.05) is 15.6 Å². The molecule has 2 unspecified atom stereocenters. The van der Waals surface area contributed by atoms with Crippen molar-refractivity contribution in [3.05, 3.63) is 42.0 Å². The smallest absolute Gasteiger partial charge is 0.311 e. The van der Waals surface area contributed by atoms with Gasteiger partial charge in [-0.25, -0.2) is 0 Å². The molecule has 0 heterocycles. The molecule has 0 amide bonds. The first-order valence-electron chi connectivity index (χ1n) is 11.3. The molecule has 1 aromatic rings. The molecule has 4 heteroatoms. The fraction of sp³-hybridized carbons (Fsp3) is 0.615. The number of esters is 1. The Morgan fingerprint density at radius 1 is 1.13 bits per heavy atom. The van der Waals surface area contributed by atoms with Gasteiger partial charge in [0.15, 0.2) is 0 Å². The molecule has 2 saturated carbocycles. The van der Waals surface area contributed by atoms with Crippen LogP contribution < -0.4 is 0 Å². The quantitative estimate of drug-likeness (QED) is 0.332. The van der Waals surface area contributed by atoms with Crippen molar-refractivity contribution in [2.24, 2.45) is 28.1 Å². The Labute approximate surface area is 185 Å². The summed E-state index contributed by atoms with van der Waals surface area (Å²) >= 11 is 1.80. The molecule has 0 spiro atoms. The minimum atomic E-state index is -0.416. The molecule has 0 aromatic heterocycles. The molecule has 3 aliphatic rings. The van der Waals surface area contributed by atoms with Crippen LogP contribution >= 0.6 is 11.8 Å². The molecule has 4 rings (SSSR count). The number of thioether (sulfide) groups is 1. The van der Waals surface area contributed by atoms with Gasteiger partial charge in [0.25, 0.3) is 0 Å². The highest BCUT2D eigenvalue weighted by atomic mass is 32.2. The number of methoxy groups -OCH3 is 1. The molecule has 0 bridgehead atoms. The maximum absolute atomic E-state index is 12.8. The molecule has 0 saturated heterocycles. The van der Waals surface area contributed by atoms with Gasteiger partial charge >= 0.3 is 5.97 Å². The summed E-state index contributed by atoms with van der Waals surface area (Å²) in [5, 5.41) is 0.116. The molecule has 3 nitrogen and oxygen atoms in total. The van der Waals surface area contributed by atoms with Crippen molar-refractivity contribution in [2.45, 2.75) is 69.4 Å². The van der Waals surface area contributed by atoms with Crippen molar-refractivity contribution in [3.63, 3.8) is 0 Å². The zero-order chi connectivity index (χ0) is 21.6. The summed E-state index contributed by atoms with van der Waals surface area (Å²) in [6.07, 6.45) is 9.69. The van der Waals surface area contributed by atoms with E-state index >= 15 is 0 Å². The lowest BCUT2D eigenvalue weighted by Crippen LogP contribution is -2.54. The highest BCUT2D eigenvalue weighted by Crippen LogP contribution is 2.64. The first-order valence-corrected chi connectivity index (χ1v) is 12.1. The Morgan fingerprint density at radius 2 is 1.87 bits per heavy atom. The standard InChI is InChI=1S/C26H34O3S/c1-24(17-27)16-18-11-12-21-25(2,13-8-14-26(21,3)23(28)29-4)20(18)15-22(24)30-19-9-6-5-7-10-19/h5-7,9-10,15,17-18,21-22H,8,11-14,16H2,1-4H3/t18?,21?,22-,24+,25+,26-/m1/s1. The monoisotopic (exact) mass is 426 g/mol. The summed E-state index contributed by atoms with van der Waals surface area (Å²) in [7, 11) is 1.52. The molecule has 30 heavy (non-hydrogen) atoms. The minimum absolute atomic E-state index is 0.00379. The van der Waals surface area contributed by atoms with Crippen molar-refractivity contribution in [1.29, 1.82) is 0 Å². The van der Waals surface area contributed by atoms with Crippen LogP contribution in [0.4, 0.5) is 0 Å². The second-order valence-corrected chi connectivity index (χ2v) is 11.5. The Balaban J connectivity index is 1.74. The lowest BCUT2D eigenvalue weighted by molar-refractivity contribution is -0.164. The third kappa shape index (κ3) is 3.36. The molecular weight excluding hydrogens is 392 g/mol. The van der Waals surface area contributed by atoms with Crippen LogP contribution in [0.3, 0.4) is 0 Å². The van der Waals surface area contributed by atoms with Gasteiger partial charge in [0.1, 0.15) is 6.29 Å². The lowest BCUT2D eigenvalue weighted by Gasteiger charge is -2.58. The van der Waals surface area contributed by atoms with E-state index in [9.17, 15) is 9.59 Å². The lowest BCUT2D eigenvalue weighted by atomic mass is 9.46. The molecule has 6 atom stereocenters. The Morgan fingerprint density at radius 3 is 2.53 bits per heavy atom. The van der Waals surface area contributed by atoms with Crippen LogP contribution in [0.25, 0.3) is 0 Å². The van der Waals surface area contributed by atoms with Crippen LogP contribution in [-0.2, 0) is 14.3 Å². The van der Waals surface area contributed by atoms with Crippen molar-refractivity contribution in [3.8, 4) is 0 Å². The normalized spacial score (nSPS) is 40.5. The van der Waals surface area contributed by atoms with Crippen molar-refractivity contribution in [2.75, 3.05) is 7.11 Å². The maximum atomic E-state index is 12.8. The molecule has 0 radical (unpaired) electrons. The topological polar surface area (TPSA) is 43.4 Å². The summed E-state index contributed by atoms with van der Waals surface area (Å²) in [5.41, 5.74) is 0.726. The van der Waals surface area contributed by atoms with Crippen LogP contribution in [0.15, 0.2) is 46.9 Å². The van der Waals surface area contributed by atoms with E-state index in [0.717, 1.165) is 38.5 Å². The van der Waals surface area contributed by atoms with Gasteiger partial charge in [-0.15, -0.1) is 11.8 Å². The largest absolute Gasteiger partial charge is 0.469 e. The van der Waals surface area contributed by atoms with Gasteiger partial charge in [-0.2, -0.15) is 0 Å². The predicted molar refractivity (Wildman–Crippen MR) is 121 cm³/mol. The highest BCUT2D eigenvalue weighted by molar-refractivity contribution is 8.00. The zero-order valence-electron chi connectivity index (χ0n) is 18.6. The number of hydrogen-bond acceptors (Lipinski definition) is 4. The van der Waals surface area contributed by atoms with Gasteiger partial charge < -0.3 is 9.53 Å². The molecule has 0 N–H and O–H groups in total. The summed E-state index contributed by atoms with van der Waals surface area (Å²) in [4.78, 5) is 26.3. The molecule has 2 fully saturated rings. The third-order valence-electron chi connectivity index (χ3n) is 8.43. The van der Waals surface area contributed by atoms with Gasteiger partial charge in [-0.3, -0.25) is 4.79 Å². The van der Waals surface area contributed by atoms with Crippen LogP contribution in [-0.4, -0.2) is 24.6 Å². The fourth-order valence-corrected chi connectivity index (χ4v) is 8.04. The van der Waals surface area contributed by atoms with Crippen LogP contribution in [0.2, 0.25) is 0 Å². The number of carbonyl (C=O) groups is 2. The van der Waals surface area contributed by atoms with Crippen molar-refractivity contribution >= 4 is 24.0 Å². The van der Waals surface area contributed by atoms with Crippen LogP contribution in [0.5, 0.6) is 0 Å². The SMILES string of the molecule is COC(=O)[C@]1(C)CCC[C@@]2(C)C3=C[C@@H](Sc4ccccc4)[C@](C)(C=O)CC3CCC12.